The number of amides is 1. The van der Waals surface area contributed by atoms with Crippen LogP contribution in [0, 0.1) is 0 Å². The van der Waals surface area contributed by atoms with Crippen molar-refractivity contribution >= 4 is 11.9 Å². The Balaban J connectivity index is 3.41. The van der Waals surface area contributed by atoms with Gasteiger partial charge in [0, 0.05) is 12.8 Å². The monoisotopic (exact) mass is 988 g/mol. The van der Waals surface area contributed by atoms with E-state index in [9.17, 15) is 19.8 Å². The molecule has 0 aliphatic rings. The highest BCUT2D eigenvalue weighted by Crippen LogP contribution is 2.19. The first-order valence-corrected chi connectivity index (χ1v) is 31.9. The molecule has 1 amide bonds. The maximum Gasteiger partial charge on any atom is 0.305 e. The van der Waals surface area contributed by atoms with Crippen molar-refractivity contribution in [2.24, 2.45) is 0 Å². The van der Waals surface area contributed by atoms with E-state index in [2.05, 4.69) is 31.3 Å². The van der Waals surface area contributed by atoms with E-state index in [0.717, 1.165) is 44.9 Å². The predicted molar refractivity (Wildman–Crippen MR) is 306 cm³/mol. The van der Waals surface area contributed by atoms with Crippen molar-refractivity contribution in [3.05, 3.63) is 12.2 Å². The van der Waals surface area contributed by atoms with Crippen molar-refractivity contribution in [2.45, 2.75) is 373 Å². The maximum atomic E-state index is 12.5. The SMILES string of the molecule is CCCC/C=C\CCCCCCCC(=O)OCCCCCCCCCCCCCCCCCCCC(=O)NC(CO)C(O)CCCCCCCCCCCCCCCCCCCCCCCCCCC. The Hall–Kier alpha value is -1.40. The predicted octanol–water partition coefficient (Wildman–Crippen LogP) is 20.0. The van der Waals surface area contributed by atoms with Gasteiger partial charge in [-0.15, -0.1) is 0 Å². The van der Waals surface area contributed by atoms with Gasteiger partial charge in [-0.3, -0.25) is 9.59 Å². The first kappa shape index (κ1) is 68.6. The van der Waals surface area contributed by atoms with Crippen molar-refractivity contribution in [1.29, 1.82) is 0 Å². The minimum atomic E-state index is -0.669. The number of carbonyl (C=O) groups is 2. The van der Waals surface area contributed by atoms with Crippen molar-refractivity contribution in [2.75, 3.05) is 13.2 Å². The number of nitrogens with one attached hydrogen (secondary N) is 1. The molecule has 2 atom stereocenters. The second-order valence-electron chi connectivity index (χ2n) is 22.1. The molecular formula is C64H125NO5. The number of allylic oxidation sites excluding steroid dienone is 2. The van der Waals surface area contributed by atoms with Gasteiger partial charge in [0.05, 0.1) is 25.4 Å². The number of hydrogen-bond donors (Lipinski definition) is 3. The van der Waals surface area contributed by atoms with Crippen LogP contribution in [0.1, 0.15) is 361 Å². The van der Waals surface area contributed by atoms with E-state index in [1.807, 2.05) is 0 Å². The second kappa shape index (κ2) is 60.2. The molecular weight excluding hydrogens is 863 g/mol. The van der Waals surface area contributed by atoms with E-state index in [-0.39, 0.29) is 18.5 Å². The molecule has 0 heterocycles. The average molecular weight is 989 g/mol. The Kier molecular flexibility index (Phi) is 59.0. The molecule has 0 radical (unpaired) electrons. The molecule has 0 bridgehead atoms. The molecule has 0 saturated heterocycles. The van der Waals surface area contributed by atoms with Crippen molar-refractivity contribution in [3.63, 3.8) is 0 Å². The van der Waals surface area contributed by atoms with E-state index in [1.165, 1.54) is 283 Å². The molecule has 416 valence electrons. The van der Waals surface area contributed by atoms with Crippen LogP contribution in [0.5, 0.6) is 0 Å². The molecule has 3 N–H and O–H groups in total. The number of hydrogen-bond acceptors (Lipinski definition) is 5. The summed E-state index contributed by atoms with van der Waals surface area (Å²) in [7, 11) is 0. The van der Waals surface area contributed by atoms with E-state index in [1.54, 1.807) is 0 Å². The van der Waals surface area contributed by atoms with Crippen LogP contribution in [0.15, 0.2) is 12.2 Å². The summed E-state index contributed by atoms with van der Waals surface area (Å²) in [5, 5.41) is 23.4. The molecule has 2 unspecified atom stereocenters. The highest BCUT2D eigenvalue weighted by atomic mass is 16.5. The fourth-order valence-electron chi connectivity index (χ4n) is 10.2. The van der Waals surface area contributed by atoms with E-state index >= 15 is 0 Å². The molecule has 0 aliphatic heterocycles. The second-order valence-corrected chi connectivity index (χ2v) is 22.1. The normalized spacial score (nSPS) is 12.6. The fourth-order valence-corrected chi connectivity index (χ4v) is 10.2. The third-order valence-electron chi connectivity index (χ3n) is 15.1. The quantitative estimate of drug-likeness (QED) is 0.0321. The maximum absolute atomic E-state index is 12.5. The molecule has 6 nitrogen and oxygen atoms in total. The van der Waals surface area contributed by atoms with Gasteiger partial charge in [-0.25, -0.2) is 0 Å². The summed E-state index contributed by atoms with van der Waals surface area (Å²) in [6.07, 6.45) is 72.3. The van der Waals surface area contributed by atoms with Gasteiger partial charge in [-0.1, -0.05) is 315 Å². The van der Waals surface area contributed by atoms with Crippen LogP contribution in [0.4, 0.5) is 0 Å². The highest BCUT2D eigenvalue weighted by molar-refractivity contribution is 5.76. The molecule has 0 rings (SSSR count). The van der Waals surface area contributed by atoms with Crippen LogP contribution >= 0.6 is 0 Å². The van der Waals surface area contributed by atoms with E-state index in [0.29, 0.717) is 25.9 Å². The van der Waals surface area contributed by atoms with Crippen LogP contribution in [0.2, 0.25) is 0 Å². The number of aliphatic hydroxyl groups is 2. The van der Waals surface area contributed by atoms with E-state index in [4.69, 9.17) is 4.74 Å². The van der Waals surface area contributed by atoms with Gasteiger partial charge in [-0.2, -0.15) is 0 Å². The Morgan fingerprint density at radius 1 is 0.386 bits per heavy atom. The first-order valence-electron chi connectivity index (χ1n) is 31.9. The van der Waals surface area contributed by atoms with Crippen LogP contribution in [-0.4, -0.2) is 47.4 Å². The van der Waals surface area contributed by atoms with Crippen LogP contribution in [-0.2, 0) is 14.3 Å². The number of rotatable bonds is 60. The molecule has 0 fully saturated rings. The number of carbonyl (C=O) groups excluding carboxylic acids is 2. The summed E-state index contributed by atoms with van der Waals surface area (Å²) in [6, 6.07) is -0.546. The standard InChI is InChI=1S/C64H125NO5/c1-3-5-7-9-11-13-15-16-17-18-19-20-21-22-23-24-25-27-30-33-37-40-44-48-52-56-62(67)61(60-66)65-63(68)57-53-49-45-41-38-34-31-28-26-29-32-35-39-43-47-51-55-59-70-64(69)58-54-50-46-42-36-14-12-10-8-6-4-2/h10,12,61-62,66-67H,3-9,11,13-60H2,1-2H3,(H,65,68)/b12-10-. The third-order valence-corrected chi connectivity index (χ3v) is 15.1. The summed E-state index contributed by atoms with van der Waals surface area (Å²) >= 11 is 0. The zero-order valence-corrected chi connectivity index (χ0v) is 47.5. The fraction of sp³-hybridized carbons (Fsp3) is 0.938. The Labute approximate surface area is 438 Å². The number of aliphatic hydroxyl groups excluding tert-OH is 2. The average Bonchev–Trinajstić information content (AvgIpc) is 3.36. The molecule has 0 aromatic heterocycles. The molecule has 70 heavy (non-hydrogen) atoms. The third kappa shape index (κ3) is 55.9. The molecule has 0 aromatic carbocycles. The smallest absolute Gasteiger partial charge is 0.305 e. The lowest BCUT2D eigenvalue weighted by atomic mass is 10.0. The topological polar surface area (TPSA) is 95.9 Å². The molecule has 6 heteroatoms. The van der Waals surface area contributed by atoms with Crippen molar-refractivity contribution < 1.29 is 24.5 Å². The molecule has 0 aliphatic carbocycles. The van der Waals surface area contributed by atoms with Gasteiger partial charge in [0.25, 0.3) is 0 Å². The summed E-state index contributed by atoms with van der Waals surface area (Å²) in [5.41, 5.74) is 0. The van der Waals surface area contributed by atoms with Gasteiger partial charge in [0.15, 0.2) is 0 Å². The van der Waals surface area contributed by atoms with Gasteiger partial charge in [0.2, 0.25) is 5.91 Å². The van der Waals surface area contributed by atoms with Gasteiger partial charge in [-0.05, 0) is 44.9 Å². The largest absolute Gasteiger partial charge is 0.466 e. The highest BCUT2D eigenvalue weighted by Gasteiger charge is 2.20. The zero-order chi connectivity index (χ0) is 50.7. The minimum absolute atomic E-state index is 0.00458. The summed E-state index contributed by atoms with van der Waals surface area (Å²) in [4.78, 5) is 24.5. The summed E-state index contributed by atoms with van der Waals surface area (Å²) in [6.45, 7) is 4.93. The van der Waals surface area contributed by atoms with Crippen molar-refractivity contribution in [3.8, 4) is 0 Å². The molecule has 0 saturated carbocycles. The molecule has 0 aromatic rings. The Morgan fingerprint density at radius 2 is 0.686 bits per heavy atom. The van der Waals surface area contributed by atoms with Crippen LogP contribution < -0.4 is 5.32 Å². The lowest BCUT2D eigenvalue weighted by Gasteiger charge is -2.22. The van der Waals surface area contributed by atoms with Gasteiger partial charge < -0.3 is 20.3 Å². The van der Waals surface area contributed by atoms with Crippen LogP contribution in [0.25, 0.3) is 0 Å². The minimum Gasteiger partial charge on any atom is -0.466 e. The van der Waals surface area contributed by atoms with Gasteiger partial charge >= 0.3 is 5.97 Å². The molecule has 0 spiro atoms. The zero-order valence-electron chi connectivity index (χ0n) is 47.5. The lowest BCUT2D eigenvalue weighted by molar-refractivity contribution is -0.143. The number of ether oxygens (including phenoxy) is 1. The van der Waals surface area contributed by atoms with E-state index < -0.39 is 12.1 Å². The summed E-state index contributed by atoms with van der Waals surface area (Å²) < 4.78 is 5.46. The number of esters is 1. The summed E-state index contributed by atoms with van der Waals surface area (Å²) in [5.74, 6) is -0.0405. The Bertz CT molecular complexity index is 1050. The lowest BCUT2D eigenvalue weighted by Crippen LogP contribution is -2.45. The first-order chi connectivity index (χ1) is 34.5. The van der Waals surface area contributed by atoms with Gasteiger partial charge in [0.1, 0.15) is 0 Å². The van der Waals surface area contributed by atoms with Crippen molar-refractivity contribution in [1.82, 2.24) is 5.32 Å². The Morgan fingerprint density at radius 3 is 1.06 bits per heavy atom. The van der Waals surface area contributed by atoms with Crippen LogP contribution in [0.3, 0.4) is 0 Å². The number of unbranched alkanes of at least 4 members (excludes halogenated alkanes) is 47.